The van der Waals surface area contributed by atoms with Gasteiger partial charge in [-0.05, 0) is 103 Å². The highest BCUT2D eigenvalue weighted by atomic mass is 16.3. The van der Waals surface area contributed by atoms with Crippen LogP contribution in [0.5, 0.6) is 0 Å². The van der Waals surface area contributed by atoms with Crippen LogP contribution in [0.15, 0.2) is 146 Å². The number of hydrogen-bond donors (Lipinski definition) is 3. The van der Waals surface area contributed by atoms with Crippen LogP contribution >= 0.6 is 0 Å². The molecule has 0 spiro atoms. The van der Waals surface area contributed by atoms with Gasteiger partial charge in [-0.2, -0.15) is 0 Å². The highest BCUT2D eigenvalue weighted by Gasteiger charge is 2.18. The number of aliphatic hydroxyl groups is 2. The normalized spacial score (nSPS) is 14.0. The lowest BCUT2D eigenvalue weighted by Crippen LogP contribution is -2.45. The van der Waals surface area contributed by atoms with E-state index < -0.39 is 12.1 Å². The Bertz CT molecular complexity index is 1420. The molecule has 4 heteroatoms. The van der Waals surface area contributed by atoms with Crippen LogP contribution in [0.1, 0.15) is 226 Å². The summed E-state index contributed by atoms with van der Waals surface area (Å²) in [5, 5.41) is 23.1. The highest BCUT2D eigenvalue weighted by Crippen LogP contribution is 2.14. The Kier molecular flexibility index (Phi) is 53.4. The standard InChI is InChI=1S/C63H103NO3/c1-3-5-7-9-11-13-15-17-19-21-22-23-24-25-26-27-28-29-30-31-32-33-34-35-36-37-38-39-40-41-42-43-45-47-49-51-53-55-57-59-63(67)64-61(60-65)62(66)58-56-54-52-50-48-46-44-20-18-16-14-12-10-8-6-4-2/h5,7,11,13,17,19,22-23,25-26,28-29,31-32,34-35,37-38,40-41,43,45,56,58,61-62,65-66H,3-4,6,8-10,12,14-16,18,20-21,24,27,30,33,36,39,42,44,46-55,57,59-60H2,1-2H3,(H,64,67)/b7-5-,13-11-,19-17-,23-22-,26-25-,29-28-,32-31-,35-34-,38-37-,41-40-,45-43-,58-56+. The van der Waals surface area contributed by atoms with E-state index in [-0.39, 0.29) is 12.5 Å². The molecule has 0 rings (SSSR count). The Hall–Kier alpha value is -3.73. The maximum absolute atomic E-state index is 12.4. The molecule has 2 atom stereocenters. The van der Waals surface area contributed by atoms with Gasteiger partial charge in [-0.1, -0.05) is 262 Å². The number of aliphatic hydroxyl groups excluding tert-OH is 2. The summed E-state index contributed by atoms with van der Waals surface area (Å²) in [5.41, 5.74) is 0. The van der Waals surface area contributed by atoms with E-state index in [4.69, 9.17) is 0 Å². The van der Waals surface area contributed by atoms with Gasteiger partial charge < -0.3 is 15.5 Å². The molecule has 0 aromatic carbocycles. The number of amides is 1. The summed E-state index contributed by atoms with van der Waals surface area (Å²) >= 11 is 0. The molecule has 1 amide bonds. The Morgan fingerprint density at radius 3 is 0.985 bits per heavy atom. The van der Waals surface area contributed by atoms with Gasteiger partial charge in [0.15, 0.2) is 0 Å². The van der Waals surface area contributed by atoms with E-state index in [1.807, 2.05) is 6.08 Å². The van der Waals surface area contributed by atoms with E-state index in [2.05, 4.69) is 153 Å². The van der Waals surface area contributed by atoms with Crippen LogP contribution in [-0.4, -0.2) is 34.9 Å². The number of allylic oxidation sites excluding steroid dienone is 23. The molecule has 0 radical (unpaired) electrons. The van der Waals surface area contributed by atoms with Crippen LogP contribution in [0.25, 0.3) is 0 Å². The Labute approximate surface area is 414 Å². The molecule has 0 aliphatic rings. The molecule has 0 heterocycles. The van der Waals surface area contributed by atoms with Gasteiger partial charge in [0, 0.05) is 6.42 Å². The molecular weight excluding hydrogens is 819 g/mol. The highest BCUT2D eigenvalue weighted by molar-refractivity contribution is 5.76. The Morgan fingerprint density at radius 1 is 0.373 bits per heavy atom. The van der Waals surface area contributed by atoms with Gasteiger partial charge in [-0.15, -0.1) is 0 Å². The Balaban J connectivity index is 3.70. The van der Waals surface area contributed by atoms with Crippen molar-refractivity contribution in [3.63, 3.8) is 0 Å². The molecule has 0 aliphatic heterocycles. The van der Waals surface area contributed by atoms with Crippen molar-refractivity contribution in [3.8, 4) is 0 Å². The molecule has 0 saturated heterocycles. The molecule has 67 heavy (non-hydrogen) atoms. The van der Waals surface area contributed by atoms with Gasteiger partial charge in [-0.3, -0.25) is 4.79 Å². The molecular formula is C63H103NO3. The van der Waals surface area contributed by atoms with Crippen LogP contribution in [0.3, 0.4) is 0 Å². The van der Waals surface area contributed by atoms with Crippen molar-refractivity contribution < 1.29 is 15.0 Å². The van der Waals surface area contributed by atoms with Crippen molar-refractivity contribution in [1.29, 1.82) is 0 Å². The quantitative estimate of drug-likeness (QED) is 0.0421. The second-order valence-corrected chi connectivity index (χ2v) is 17.9. The summed E-state index contributed by atoms with van der Waals surface area (Å²) in [7, 11) is 0. The van der Waals surface area contributed by atoms with Crippen molar-refractivity contribution in [2.24, 2.45) is 0 Å². The first kappa shape index (κ1) is 63.3. The minimum absolute atomic E-state index is 0.0888. The summed E-state index contributed by atoms with van der Waals surface area (Å²) in [5.74, 6) is -0.0888. The fourth-order valence-corrected chi connectivity index (χ4v) is 7.42. The fraction of sp³-hybridized carbons (Fsp3) is 0.603. The van der Waals surface area contributed by atoms with E-state index >= 15 is 0 Å². The van der Waals surface area contributed by atoms with E-state index in [1.54, 1.807) is 6.08 Å². The number of nitrogens with one attached hydrogen (secondary N) is 1. The lowest BCUT2D eigenvalue weighted by atomic mass is 10.0. The van der Waals surface area contributed by atoms with Gasteiger partial charge in [0.1, 0.15) is 0 Å². The minimum Gasteiger partial charge on any atom is -0.394 e. The fourth-order valence-electron chi connectivity index (χ4n) is 7.42. The van der Waals surface area contributed by atoms with Crippen molar-refractivity contribution in [2.45, 2.75) is 238 Å². The van der Waals surface area contributed by atoms with Gasteiger partial charge in [0.2, 0.25) is 5.91 Å². The zero-order valence-corrected chi connectivity index (χ0v) is 43.4. The molecule has 3 N–H and O–H groups in total. The average molecular weight is 923 g/mol. The van der Waals surface area contributed by atoms with Crippen LogP contribution in [0.2, 0.25) is 0 Å². The lowest BCUT2D eigenvalue weighted by molar-refractivity contribution is -0.123. The molecule has 0 bridgehead atoms. The summed E-state index contributed by atoms with van der Waals surface area (Å²) in [6, 6.07) is -0.643. The second kappa shape index (κ2) is 56.6. The van der Waals surface area contributed by atoms with E-state index in [1.165, 1.54) is 96.3 Å². The van der Waals surface area contributed by atoms with Crippen LogP contribution < -0.4 is 5.32 Å². The first-order chi connectivity index (χ1) is 33.2. The number of unbranched alkanes of at least 4 members (excludes halogenated alkanes) is 19. The topological polar surface area (TPSA) is 69.6 Å². The number of hydrogen-bond acceptors (Lipinski definition) is 3. The van der Waals surface area contributed by atoms with Gasteiger partial charge in [-0.25, -0.2) is 0 Å². The summed E-state index contributed by atoms with van der Waals surface area (Å²) in [6.45, 7) is 4.18. The molecule has 0 saturated carbocycles. The molecule has 0 aromatic rings. The third-order valence-corrected chi connectivity index (χ3v) is 11.6. The molecule has 0 fully saturated rings. The van der Waals surface area contributed by atoms with Gasteiger partial charge >= 0.3 is 0 Å². The van der Waals surface area contributed by atoms with Gasteiger partial charge in [0.25, 0.3) is 0 Å². The first-order valence-corrected chi connectivity index (χ1v) is 27.5. The van der Waals surface area contributed by atoms with E-state index in [9.17, 15) is 15.0 Å². The molecule has 4 nitrogen and oxygen atoms in total. The number of rotatable bonds is 48. The van der Waals surface area contributed by atoms with Crippen molar-refractivity contribution in [2.75, 3.05) is 6.61 Å². The summed E-state index contributed by atoms with van der Waals surface area (Å²) in [4.78, 5) is 12.4. The first-order valence-electron chi connectivity index (χ1n) is 27.5. The molecule has 0 aliphatic carbocycles. The molecule has 2 unspecified atom stereocenters. The lowest BCUT2D eigenvalue weighted by Gasteiger charge is -2.20. The summed E-state index contributed by atoms with van der Waals surface area (Å²) < 4.78 is 0. The summed E-state index contributed by atoms with van der Waals surface area (Å²) in [6.07, 6.45) is 89.9. The maximum Gasteiger partial charge on any atom is 0.220 e. The largest absolute Gasteiger partial charge is 0.394 e. The van der Waals surface area contributed by atoms with Crippen LogP contribution in [-0.2, 0) is 4.79 Å². The van der Waals surface area contributed by atoms with Crippen LogP contribution in [0, 0.1) is 0 Å². The third kappa shape index (κ3) is 53.1. The average Bonchev–Trinajstić information content (AvgIpc) is 3.33. The minimum atomic E-state index is -0.858. The monoisotopic (exact) mass is 922 g/mol. The zero-order valence-electron chi connectivity index (χ0n) is 43.4. The number of carbonyl (C=O) groups is 1. The smallest absolute Gasteiger partial charge is 0.220 e. The van der Waals surface area contributed by atoms with Gasteiger partial charge in [0.05, 0.1) is 18.8 Å². The molecule has 378 valence electrons. The van der Waals surface area contributed by atoms with Crippen LogP contribution in [0.4, 0.5) is 0 Å². The predicted octanol–water partition coefficient (Wildman–Crippen LogP) is 18.4. The zero-order chi connectivity index (χ0) is 48.5. The third-order valence-electron chi connectivity index (χ3n) is 11.6. The van der Waals surface area contributed by atoms with Crippen molar-refractivity contribution >= 4 is 5.91 Å². The Morgan fingerprint density at radius 2 is 0.657 bits per heavy atom. The SMILES string of the molecule is CC/C=C\C/C=C\C/C=C\C/C=C\C/C=C\C/C=C\C/C=C\C/C=C\C/C=C\C/C=C\C/C=C\CCCCCCCC(=O)NC(CO)C(O)/C=C/CCCCCCCCCCCCCCCC. The predicted molar refractivity (Wildman–Crippen MR) is 298 cm³/mol. The second-order valence-electron chi connectivity index (χ2n) is 17.9. The molecule has 0 aromatic heterocycles. The van der Waals surface area contributed by atoms with Crippen molar-refractivity contribution in [1.82, 2.24) is 5.32 Å². The van der Waals surface area contributed by atoms with E-state index in [0.29, 0.717) is 6.42 Å². The number of carbonyl (C=O) groups excluding carboxylic acids is 1. The van der Waals surface area contributed by atoms with E-state index in [0.717, 1.165) is 109 Å². The van der Waals surface area contributed by atoms with Crippen molar-refractivity contribution in [3.05, 3.63) is 146 Å². The maximum atomic E-state index is 12.4.